The molecule has 0 bridgehead atoms. The van der Waals surface area contributed by atoms with Crippen LogP contribution in [0.1, 0.15) is 51.6 Å². The Morgan fingerprint density at radius 1 is 0.909 bits per heavy atom. The number of pyridine rings is 1. The molecule has 0 saturated carbocycles. The zero-order valence-corrected chi connectivity index (χ0v) is 19.0. The number of rotatable bonds is 8. The van der Waals surface area contributed by atoms with Gasteiger partial charge < -0.3 is 4.74 Å². The molecule has 0 spiro atoms. The normalized spacial score (nSPS) is 10.8. The highest BCUT2D eigenvalue weighted by atomic mass is 16.5. The van der Waals surface area contributed by atoms with Crippen LogP contribution >= 0.6 is 0 Å². The number of ketones is 1. The second kappa shape index (κ2) is 10.2. The van der Waals surface area contributed by atoms with Crippen LogP contribution < -0.4 is 0 Å². The first-order valence-corrected chi connectivity index (χ1v) is 11.3. The highest BCUT2D eigenvalue weighted by Crippen LogP contribution is 2.27. The highest BCUT2D eigenvalue weighted by molar-refractivity contribution is 6.06. The van der Waals surface area contributed by atoms with Crippen molar-refractivity contribution >= 4 is 22.7 Å². The molecule has 166 valence electrons. The summed E-state index contributed by atoms with van der Waals surface area (Å²) in [4.78, 5) is 30.3. The number of ether oxygens (including phenoxy) is 1. The van der Waals surface area contributed by atoms with E-state index in [1.807, 2.05) is 43.3 Å². The maximum Gasteiger partial charge on any atom is 0.339 e. The molecule has 1 aromatic heterocycles. The minimum Gasteiger partial charge on any atom is -0.454 e. The molecule has 1 heterocycles. The van der Waals surface area contributed by atoms with Crippen molar-refractivity contribution in [3.8, 4) is 11.3 Å². The summed E-state index contributed by atoms with van der Waals surface area (Å²) in [6.07, 6.45) is 3.37. The van der Waals surface area contributed by atoms with Crippen LogP contribution in [0.15, 0.2) is 78.9 Å². The third-order valence-corrected chi connectivity index (χ3v) is 5.68. The van der Waals surface area contributed by atoms with Gasteiger partial charge in [0.2, 0.25) is 0 Å². The lowest BCUT2D eigenvalue weighted by molar-refractivity contribution is 0.0476. The molecule has 0 unspecified atom stereocenters. The first kappa shape index (κ1) is 22.4. The third kappa shape index (κ3) is 5.35. The Morgan fingerprint density at radius 2 is 1.67 bits per heavy atom. The van der Waals surface area contributed by atoms with Gasteiger partial charge in [0.25, 0.3) is 0 Å². The monoisotopic (exact) mass is 437 g/mol. The molecular formula is C29H27NO3. The number of fused-ring (bicyclic) bond motifs is 1. The molecule has 0 aliphatic rings. The van der Waals surface area contributed by atoms with E-state index in [4.69, 9.17) is 9.72 Å². The average Bonchev–Trinajstić information content (AvgIpc) is 2.86. The number of Topliss-reactive ketones (excluding diaryl/α,β-unsaturated/α-hetero) is 1. The first-order valence-electron chi connectivity index (χ1n) is 11.3. The molecular weight excluding hydrogens is 410 g/mol. The van der Waals surface area contributed by atoms with Crippen molar-refractivity contribution in [1.29, 1.82) is 0 Å². The fourth-order valence-electron chi connectivity index (χ4n) is 3.80. The third-order valence-electron chi connectivity index (χ3n) is 5.68. The van der Waals surface area contributed by atoms with Gasteiger partial charge in [0.05, 0.1) is 16.8 Å². The summed E-state index contributed by atoms with van der Waals surface area (Å²) in [6, 6.07) is 24.7. The molecule has 0 aliphatic carbocycles. The Kier molecular flexibility index (Phi) is 6.94. The van der Waals surface area contributed by atoms with Crippen LogP contribution in [0.25, 0.3) is 22.2 Å². The van der Waals surface area contributed by atoms with Gasteiger partial charge in [-0.2, -0.15) is 0 Å². The van der Waals surface area contributed by atoms with Crippen LogP contribution in [0, 0.1) is 6.92 Å². The van der Waals surface area contributed by atoms with E-state index in [1.54, 1.807) is 30.3 Å². The molecule has 4 aromatic rings. The maximum atomic E-state index is 13.1. The molecule has 4 rings (SSSR count). The zero-order chi connectivity index (χ0) is 23.2. The molecule has 0 amide bonds. The average molecular weight is 438 g/mol. The van der Waals surface area contributed by atoms with Gasteiger partial charge in [-0.15, -0.1) is 0 Å². The van der Waals surface area contributed by atoms with Crippen LogP contribution in [0.3, 0.4) is 0 Å². The van der Waals surface area contributed by atoms with Gasteiger partial charge in [-0.05, 0) is 43.5 Å². The Balaban J connectivity index is 1.64. The molecule has 33 heavy (non-hydrogen) atoms. The Labute approximate surface area is 194 Å². The number of carbonyl (C=O) groups is 2. The number of hydrogen-bond donors (Lipinski definition) is 0. The highest BCUT2D eigenvalue weighted by Gasteiger charge is 2.17. The van der Waals surface area contributed by atoms with Crippen molar-refractivity contribution in [2.75, 3.05) is 6.61 Å². The maximum absolute atomic E-state index is 13.1. The van der Waals surface area contributed by atoms with Gasteiger partial charge >= 0.3 is 5.97 Å². The molecule has 0 radical (unpaired) electrons. The SMILES string of the molecule is CCCCc1ccc(-c2cc(C(=O)OCC(=O)c3ccccc3)c3cc(C)ccc3n2)cc1. The number of aromatic nitrogens is 1. The summed E-state index contributed by atoms with van der Waals surface area (Å²) >= 11 is 0. The molecule has 0 N–H and O–H groups in total. The summed E-state index contributed by atoms with van der Waals surface area (Å²) in [5.74, 6) is -0.764. The van der Waals surface area contributed by atoms with E-state index < -0.39 is 5.97 Å². The zero-order valence-electron chi connectivity index (χ0n) is 19.0. The van der Waals surface area contributed by atoms with E-state index in [2.05, 4.69) is 19.1 Å². The van der Waals surface area contributed by atoms with Gasteiger partial charge in [-0.1, -0.05) is 79.6 Å². The molecule has 0 atom stereocenters. The van der Waals surface area contributed by atoms with Crippen LogP contribution in [0.4, 0.5) is 0 Å². The van der Waals surface area contributed by atoms with Crippen molar-refractivity contribution in [3.63, 3.8) is 0 Å². The van der Waals surface area contributed by atoms with E-state index in [1.165, 1.54) is 5.56 Å². The quantitative estimate of drug-likeness (QED) is 0.230. The van der Waals surface area contributed by atoms with Gasteiger partial charge in [-0.25, -0.2) is 9.78 Å². The first-order chi connectivity index (χ1) is 16.0. The number of nitrogens with zero attached hydrogens (tertiary/aromatic N) is 1. The second-order valence-electron chi connectivity index (χ2n) is 8.24. The lowest BCUT2D eigenvalue weighted by atomic mass is 10.0. The van der Waals surface area contributed by atoms with Crippen molar-refractivity contribution in [1.82, 2.24) is 4.98 Å². The van der Waals surface area contributed by atoms with Crippen LogP contribution in [0.5, 0.6) is 0 Å². The fourth-order valence-corrected chi connectivity index (χ4v) is 3.80. The Bertz CT molecular complexity index is 1280. The smallest absolute Gasteiger partial charge is 0.339 e. The number of aryl methyl sites for hydroxylation is 2. The lowest BCUT2D eigenvalue weighted by Crippen LogP contribution is -2.15. The summed E-state index contributed by atoms with van der Waals surface area (Å²) in [7, 11) is 0. The second-order valence-corrected chi connectivity index (χ2v) is 8.24. The van der Waals surface area contributed by atoms with E-state index in [9.17, 15) is 9.59 Å². The number of hydrogen-bond acceptors (Lipinski definition) is 4. The molecule has 0 saturated heterocycles. The molecule has 4 heteroatoms. The Hall–Kier alpha value is -3.79. The van der Waals surface area contributed by atoms with Gasteiger partial charge in [-0.3, -0.25) is 4.79 Å². The lowest BCUT2D eigenvalue weighted by Gasteiger charge is -2.11. The van der Waals surface area contributed by atoms with E-state index in [0.717, 1.165) is 41.3 Å². The molecule has 0 aliphatic heterocycles. The molecule has 4 nitrogen and oxygen atoms in total. The largest absolute Gasteiger partial charge is 0.454 e. The number of carbonyl (C=O) groups excluding carboxylic acids is 2. The number of esters is 1. The van der Waals surface area contributed by atoms with Crippen LogP contribution in [-0.4, -0.2) is 23.3 Å². The summed E-state index contributed by atoms with van der Waals surface area (Å²) < 4.78 is 5.43. The summed E-state index contributed by atoms with van der Waals surface area (Å²) in [5.41, 5.74) is 5.60. The number of benzene rings is 3. The van der Waals surface area contributed by atoms with E-state index >= 15 is 0 Å². The number of unbranched alkanes of at least 4 members (excludes halogenated alkanes) is 1. The summed E-state index contributed by atoms with van der Waals surface area (Å²) in [6.45, 7) is 3.85. The summed E-state index contributed by atoms with van der Waals surface area (Å²) in [5, 5.41) is 0.718. The topological polar surface area (TPSA) is 56.3 Å². The van der Waals surface area contributed by atoms with Crippen molar-refractivity contribution < 1.29 is 14.3 Å². The van der Waals surface area contributed by atoms with Crippen LogP contribution in [-0.2, 0) is 11.2 Å². The van der Waals surface area contributed by atoms with E-state index in [-0.39, 0.29) is 12.4 Å². The standard InChI is InChI=1S/C29H27NO3/c1-3-4-8-21-12-14-22(15-13-21)27-18-25(24-17-20(2)11-16-26(24)30-27)29(32)33-19-28(31)23-9-6-5-7-10-23/h5-7,9-18H,3-4,8,19H2,1-2H3. The van der Waals surface area contributed by atoms with Crippen molar-refractivity contribution in [2.24, 2.45) is 0 Å². The Morgan fingerprint density at radius 3 is 2.39 bits per heavy atom. The fraction of sp³-hybridized carbons (Fsp3) is 0.207. The minimum absolute atomic E-state index is 0.235. The van der Waals surface area contributed by atoms with E-state index in [0.29, 0.717) is 16.8 Å². The predicted molar refractivity (Wildman–Crippen MR) is 132 cm³/mol. The minimum atomic E-state index is -0.530. The predicted octanol–water partition coefficient (Wildman–Crippen LogP) is 6.59. The van der Waals surface area contributed by atoms with Crippen molar-refractivity contribution in [2.45, 2.75) is 33.1 Å². The molecule has 3 aromatic carbocycles. The van der Waals surface area contributed by atoms with Gasteiger partial charge in [0.1, 0.15) is 0 Å². The van der Waals surface area contributed by atoms with Crippen molar-refractivity contribution in [3.05, 3.63) is 101 Å². The van der Waals surface area contributed by atoms with Crippen LogP contribution in [0.2, 0.25) is 0 Å². The van der Waals surface area contributed by atoms with Gasteiger partial charge in [0, 0.05) is 16.5 Å². The van der Waals surface area contributed by atoms with Gasteiger partial charge in [0.15, 0.2) is 12.4 Å². The molecule has 0 fully saturated rings.